The van der Waals surface area contributed by atoms with Gasteiger partial charge in [-0.2, -0.15) is 0 Å². The zero-order valence-corrected chi connectivity index (χ0v) is 16.5. The molecule has 0 radical (unpaired) electrons. The van der Waals surface area contributed by atoms with E-state index < -0.39 is 0 Å². The molecule has 0 aliphatic carbocycles. The molecular weight excluding hydrogens is 394 g/mol. The first kappa shape index (κ1) is 18.7. The Balaban J connectivity index is 1.54. The molecule has 4 aromatic rings. The van der Waals surface area contributed by atoms with Gasteiger partial charge in [-0.25, -0.2) is 9.97 Å². The highest BCUT2D eigenvalue weighted by Crippen LogP contribution is 2.37. The number of hydrogen-bond donors (Lipinski definition) is 7. The van der Waals surface area contributed by atoms with Crippen LogP contribution in [0.5, 0.6) is 5.75 Å². The number of aromatic hydroxyl groups is 1. The first-order valence-corrected chi connectivity index (χ1v) is 9.74. The van der Waals surface area contributed by atoms with Crippen molar-refractivity contribution >= 4 is 22.8 Å². The van der Waals surface area contributed by atoms with Crippen molar-refractivity contribution in [3.8, 4) is 28.5 Å². The summed E-state index contributed by atoms with van der Waals surface area (Å²) in [4.78, 5) is 17.5. The third kappa shape index (κ3) is 3.14. The Morgan fingerprint density at radius 1 is 1.03 bits per heavy atom. The number of aromatic amines is 2. The molecule has 2 aromatic heterocycles. The number of hydrogen-bond acceptors (Lipinski definition) is 5. The lowest BCUT2D eigenvalue weighted by Gasteiger charge is -2.25. The smallest absolute Gasteiger partial charge is 0.188 e. The van der Waals surface area contributed by atoms with E-state index in [9.17, 15) is 5.11 Å². The van der Waals surface area contributed by atoms with E-state index in [2.05, 4.69) is 19.9 Å². The summed E-state index contributed by atoms with van der Waals surface area (Å²) >= 11 is 0. The summed E-state index contributed by atoms with van der Waals surface area (Å²) in [6.07, 6.45) is 0.675. The van der Waals surface area contributed by atoms with Crippen molar-refractivity contribution in [3.63, 3.8) is 0 Å². The van der Waals surface area contributed by atoms with Gasteiger partial charge >= 0.3 is 0 Å². The second-order valence-electron chi connectivity index (χ2n) is 7.50. The van der Waals surface area contributed by atoms with E-state index in [1.807, 2.05) is 12.1 Å². The number of nitrogen functional groups attached to an aromatic ring is 1. The fraction of sp³-hybridized carbons (Fsp3) is 0.143. The number of para-hydroxylation sites is 1. The van der Waals surface area contributed by atoms with Crippen LogP contribution >= 0.6 is 0 Å². The zero-order chi connectivity index (χ0) is 21.7. The molecule has 9 N–H and O–H groups in total. The quantitative estimate of drug-likeness (QED) is 0.198. The number of nitrogens with zero attached hydrogens (tertiary/aromatic N) is 3. The minimum atomic E-state index is -0.0265. The van der Waals surface area contributed by atoms with E-state index in [0.717, 1.165) is 16.9 Å². The highest BCUT2D eigenvalue weighted by molar-refractivity contribution is 5.98. The third-order valence-corrected chi connectivity index (χ3v) is 5.51. The van der Waals surface area contributed by atoms with Crippen molar-refractivity contribution < 1.29 is 5.11 Å². The lowest BCUT2D eigenvalue weighted by molar-refractivity contribution is 0.380. The van der Waals surface area contributed by atoms with E-state index in [0.29, 0.717) is 53.4 Å². The van der Waals surface area contributed by atoms with Gasteiger partial charge in [-0.1, -0.05) is 6.07 Å². The van der Waals surface area contributed by atoms with Crippen LogP contribution in [0.1, 0.15) is 17.0 Å². The first-order valence-electron chi connectivity index (χ1n) is 9.74. The van der Waals surface area contributed by atoms with Crippen molar-refractivity contribution in [3.05, 3.63) is 53.3 Å². The number of nitrogens with one attached hydrogen (secondary N) is 4. The van der Waals surface area contributed by atoms with Gasteiger partial charge in [-0.15, -0.1) is 0 Å². The number of imidazole rings is 2. The summed E-state index contributed by atoms with van der Waals surface area (Å²) in [6, 6.07) is 10.7. The monoisotopic (exact) mass is 415 g/mol. The maximum Gasteiger partial charge on any atom is 0.188 e. The summed E-state index contributed by atoms with van der Waals surface area (Å²) in [5.41, 5.74) is 16.1. The number of phenols is 1. The Kier molecular flexibility index (Phi) is 4.14. The molecule has 1 aliphatic rings. The standard InChI is InChI=1S/C21H21N9O/c22-18(23)10-4-5-13-15(8-10)28-19(26-13)11-2-1-3-12(17(11)31)20-27-14-6-7-30(21(24)25)9-16(14)29-20/h1-5,8,31H,6-7,9H2,(H3,22,23)(H3,24,25)(H,26,28)(H,27,29). The molecule has 0 atom stereocenters. The van der Waals surface area contributed by atoms with Crippen LogP contribution in [-0.2, 0) is 13.0 Å². The van der Waals surface area contributed by atoms with Gasteiger partial charge < -0.3 is 31.4 Å². The van der Waals surface area contributed by atoms with Gasteiger partial charge in [-0.05, 0) is 30.3 Å². The molecule has 2 aromatic carbocycles. The Bertz CT molecular complexity index is 1350. The number of guanidine groups is 1. The number of rotatable bonds is 3. The van der Waals surface area contributed by atoms with Crippen molar-refractivity contribution in [1.29, 1.82) is 10.8 Å². The SMILES string of the molecule is N=C(N)c1ccc2[nH]c(-c3cccc(-c4nc5c([nH]4)CN(C(=N)N)CC5)c3O)nc2c1. The topological polar surface area (TPSA) is 181 Å². The number of fused-ring (bicyclic) bond motifs is 2. The Labute approximate surface area is 177 Å². The van der Waals surface area contributed by atoms with Crippen LogP contribution in [0.25, 0.3) is 33.8 Å². The van der Waals surface area contributed by atoms with Gasteiger partial charge in [0.05, 0.1) is 40.1 Å². The molecule has 5 rings (SSSR count). The summed E-state index contributed by atoms with van der Waals surface area (Å²) in [6.45, 7) is 1.13. The minimum Gasteiger partial charge on any atom is -0.506 e. The van der Waals surface area contributed by atoms with Crippen LogP contribution in [0.15, 0.2) is 36.4 Å². The zero-order valence-electron chi connectivity index (χ0n) is 16.5. The average Bonchev–Trinajstić information content (AvgIpc) is 3.36. The highest BCUT2D eigenvalue weighted by atomic mass is 16.3. The molecule has 0 bridgehead atoms. The second-order valence-corrected chi connectivity index (χ2v) is 7.50. The van der Waals surface area contributed by atoms with Gasteiger partial charge in [0.1, 0.15) is 23.2 Å². The molecule has 31 heavy (non-hydrogen) atoms. The van der Waals surface area contributed by atoms with E-state index in [1.54, 1.807) is 29.2 Å². The van der Waals surface area contributed by atoms with Gasteiger partial charge in [0.15, 0.2) is 5.96 Å². The lowest BCUT2D eigenvalue weighted by atomic mass is 10.1. The van der Waals surface area contributed by atoms with Crippen LogP contribution in [0.2, 0.25) is 0 Å². The molecular formula is C21H21N9O. The van der Waals surface area contributed by atoms with Crippen molar-refractivity contribution in [2.24, 2.45) is 11.5 Å². The third-order valence-electron chi connectivity index (χ3n) is 5.51. The lowest BCUT2D eigenvalue weighted by Crippen LogP contribution is -2.40. The minimum absolute atomic E-state index is 0.0265. The maximum absolute atomic E-state index is 11.0. The van der Waals surface area contributed by atoms with E-state index in [1.165, 1.54) is 0 Å². The molecule has 0 saturated carbocycles. The highest BCUT2D eigenvalue weighted by Gasteiger charge is 2.23. The molecule has 10 nitrogen and oxygen atoms in total. The maximum atomic E-state index is 11.0. The second kappa shape index (κ2) is 6.87. The van der Waals surface area contributed by atoms with Crippen LogP contribution in [-0.4, -0.2) is 48.3 Å². The van der Waals surface area contributed by atoms with Crippen LogP contribution in [0, 0.1) is 10.8 Å². The fourth-order valence-electron chi connectivity index (χ4n) is 3.85. The number of aromatic nitrogens is 4. The summed E-state index contributed by atoms with van der Waals surface area (Å²) in [7, 11) is 0. The van der Waals surface area contributed by atoms with Crippen molar-refractivity contribution in [2.75, 3.05) is 6.54 Å². The van der Waals surface area contributed by atoms with Gasteiger partial charge in [0, 0.05) is 18.5 Å². The van der Waals surface area contributed by atoms with Gasteiger partial charge in [-0.3, -0.25) is 10.8 Å². The number of amidine groups is 1. The van der Waals surface area contributed by atoms with E-state index in [-0.39, 0.29) is 17.5 Å². The van der Waals surface area contributed by atoms with Crippen molar-refractivity contribution in [1.82, 2.24) is 24.8 Å². The summed E-state index contributed by atoms with van der Waals surface area (Å²) in [5.74, 6) is 1.13. The van der Waals surface area contributed by atoms with Gasteiger partial charge in [0.2, 0.25) is 0 Å². The molecule has 0 unspecified atom stereocenters. The molecule has 0 spiro atoms. The average molecular weight is 415 g/mol. The van der Waals surface area contributed by atoms with E-state index >= 15 is 0 Å². The molecule has 10 heteroatoms. The predicted octanol–water partition coefficient (Wildman–Crippen LogP) is 1.86. The summed E-state index contributed by atoms with van der Waals surface area (Å²) in [5, 5.41) is 26.3. The number of phenolic OH excluding ortho intramolecular Hbond substituents is 1. The predicted molar refractivity (Wildman–Crippen MR) is 118 cm³/mol. The van der Waals surface area contributed by atoms with Crippen LogP contribution < -0.4 is 11.5 Å². The normalized spacial score (nSPS) is 13.4. The number of benzene rings is 2. The first-order chi connectivity index (χ1) is 14.9. The Hall–Kier alpha value is -4.34. The molecule has 156 valence electrons. The van der Waals surface area contributed by atoms with Gasteiger partial charge in [0.25, 0.3) is 0 Å². The molecule has 0 saturated heterocycles. The summed E-state index contributed by atoms with van der Waals surface area (Å²) < 4.78 is 0. The molecule has 0 fully saturated rings. The van der Waals surface area contributed by atoms with Crippen LogP contribution in [0.3, 0.4) is 0 Å². The Morgan fingerprint density at radius 2 is 1.77 bits per heavy atom. The van der Waals surface area contributed by atoms with Crippen molar-refractivity contribution in [2.45, 2.75) is 13.0 Å². The largest absolute Gasteiger partial charge is 0.506 e. The molecule has 1 aliphatic heterocycles. The fourth-order valence-corrected chi connectivity index (χ4v) is 3.85. The molecule has 3 heterocycles. The number of nitrogens with two attached hydrogens (primary N) is 2. The molecule has 0 amide bonds. The Morgan fingerprint density at radius 3 is 2.48 bits per heavy atom. The van der Waals surface area contributed by atoms with E-state index in [4.69, 9.17) is 22.3 Å². The van der Waals surface area contributed by atoms with Crippen LogP contribution in [0.4, 0.5) is 0 Å². The number of H-pyrrole nitrogens is 2.